The van der Waals surface area contributed by atoms with Crippen LogP contribution in [0.1, 0.15) is 0 Å². The molecule has 82 valence electrons. The molecular weight excluding hydrogens is 206 g/mol. The standard InChI is InChI=1S/C11H11N3O2/c1-15-9-7-10(16-2)14-11(13-9)8-5-3-4-6-12-8/h3-7H,1-2H3. The van der Waals surface area contributed by atoms with Crippen molar-refractivity contribution in [2.75, 3.05) is 14.2 Å². The third-order valence-corrected chi connectivity index (χ3v) is 1.99. The summed E-state index contributed by atoms with van der Waals surface area (Å²) in [4.78, 5) is 12.6. The zero-order valence-electron chi connectivity index (χ0n) is 9.04. The first kappa shape index (κ1) is 10.4. The van der Waals surface area contributed by atoms with E-state index in [-0.39, 0.29) is 0 Å². The number of nitrogens with zero attached hydrogens (tertiary/aromatic N) is 3. The average Bonchev–Trinajstić information content (AvgIpc) is 2.39. The molecule has 0 fully saturated rings. The third kappa shape index (κ3) is 2.08. The minimum absolute atomic E-state index is 0.451. The Hall–Kier alpha value is -2.17. The predicted octanol–water partition coefficient (Wildman–Crippen LogP) is 1.56. The van der Waals surface area contributed by atoms with Crippen molar-refractivity contribution in [3.8, 4) is 23.3 Å². The Labute approximate surface area is 93.1 Å². The number of hydrogen-bond acceptors (Lipinski definition) is 5. The molecule has 0 saturated heterocycles. The topological polar surface area (TPSA) is 57.1 Å². The highest BCUT2D eigenvalue weighted by Crippen LogP contribution is 2.20. The molecule has 0 saturated carbocycles. The minimum atomic E-state index is 0.451. The summed E-state index contributed by atoms with van der Waals surface area (Å²) in [5, 5.41) is 0. The summed E-state index contributed by atoms with van der Waals surface area (Å²) in [6, 6.07) is 7.15. The molecule has 0 unspecified atom stereocenters. The van der Waals surface area contributed by atoms with Gasteiger partial charge in [0.1, 0.15) is 5.69 Å². The number of ether oxygens (including phenoxy) is 2. The monoisotopic (exact) mass is 217 g/mol. The van der Waals surface area contributed by atoms with Gasteiger partial charge in [-0.3, -0.25) is 4.98 Å². The lowest BCUT2D eigenvalue weighted by atomic mass is 10.3. The molecule has 16 heavy (non-hydrogen) atoms. The number of pyridine rings is 1. The SMILES string of the molecule is COc1cc(OC)nc(-c2ccccn2)n1. The maximum absolute atomic E-state index is 5.06. The molecule has 2 aromatic rings. The number of rotatable bonds is 3. The molecule has 2 aromatic heterocycles. The molecule has 2 rings (SSSR count). The van der Waals surface area contributed by atoms with Gasteiger partial charge in [0.05, 0.1) is 20.3 Å². The maximum atomic E-state index is 5.06. The maximum Gasteiger partial charge on any atom is 0.220 e. The molecule has 0 aliphatic carbocycles. The van der Waals surface area contributed by atoms with E-state index in [1.807, 2.05) is 18.2 Å². The second kappa shape index (κ2) is 4.57. The quantitative estimate of drug-likeness (QED) is 0.780. The summed E-state index contributed by atoms with van der Waals surface area (Å²) in [5.74, 6) is 1.39. The van der Waals surface area contributed by atoms with Crippen LogP contribution in [0.15, 0.2) is 30.5 Å². The lowest BCUT2D eigenvalue weighted by molar-refractivity contribution is 0.372. The molecule has 0 aliphatic heterocycles. The van der Waals surface area contributed by atoms with Crippen LogP contribution in [-0.2, 0) is 0 Å². The van der Waals surface area contributed by atoms with Crippen molar-refractivity contribution in [3.63, 3.8) is 0 Å². The van der Waals surface area contributed by atoms with Gasteiger partial charge in [-0.2, -0.15) is 9.97 Å². The van der Waals surface area contributed by atoms with E-state index in [2.05, 4.69) is 15.0 Å². The number of methoxy groups -OCH3 is 2. The number of aromatic nitrogens is 3. The molecule has 0 N–H and O–H groups in total. The van der Waals surface area contributed by atoms with E-state index in [4.69, 9.17) is 9.47 Å². The minimum Gasteiger partial charge on any atom is -0.481 e. The summed E-state index contributed by atoms with van der Waals surface area (Å²) in [7, 11) is 3.09. The smallest absolute Gasteiger partial charge is 0.220 e. The van der Waals surface area contributed by atoms with E-state index in [1.165, 1.54) is 0 Å². The molecule has 2 heterocycles. The predicted molar refractivity (Wildman–Crippen MR) is 58.4 cm³/mol. The van der Waals surface area contributed by atoms with E-state index in [0.717, 1.165) is 0 Å². The van der Waals surface area contributed by atoms with Crippen LogP contribution in [0, 0.1) is 0 Å². The van der Waals surface area contributed by atoms with Gasteiger partial charge in [-0.15, -0.1) is 0 Å². The Kier molecular flexibility index (Phi) is 2.95. The lowest BCUT2D eigenvalue weighted by Crippen LogP contribution is -1.97. The summed E-state index contributed by atoms with van der Waals surface area (Å²) >= 11 is 0. The Morgan fingerprint density at radius 3 is 2.19 bits per heavy atom. The van der Waals surface area contributed by atoms with Crippen molar-refractivity contribution in [1.82, 2.24) is 15.0 Å². The van der Waals surface area contributed by atoms with Crippen LogP contribution in [-0.4, -0.2) is 29.2 Å². The van der Waals surface area contributed by atoms with Crippen molar-refractivity contribution in [2.45, 2.75) is 0 Å². The van der Waals surface area contributed by atoms with Gasteiger partial charge in [-0.25, -0.2) is 0 Å². The van der Waals surface area contributed by atoms with E-state index < -0.39 is 0 Å². The van der Waals surface area contributed by atoms with Gasteiger partial charge in [0.25, 0.3) is 0 Å². The van der Waals surface area contributed by atoms with Gasteiger partial charge in [0.2, 0.25) is 11.8 Å². The fourth-order valence-corrected chi connectivity index (χ4v) is 1.22. The van der Waals surface area contributed by atoms with Crippen molar-refractivity contribution < 1.29 is 9.47 Å². The molecule has 0 radical (unpaired) electrons. The fourth-order valence-electron chi connectivity index (χ4n) is 1.22. The summed E-state index contributed by atoms with van der Waals surface area (Å²) in [6.45, 7) is 0. The molecule has 0 atom stereocenters. The van der Waals surface area contributed by atoms with Crippen LogP contribution in [0.2, 0.25) is 0 Å². The van der Waals surface area contributed by atoms with Gasteiger partial charge in [0.15, 0.2) is 5.82 Å². The van der Waals surface area contributed by atoms with Crippen LogP contribution >= 0.6 is 0 Å². The van der Waals surface area contributed by atoms with Gasteiger partial charge in [-0.1, -0.05) is 6.07 Å². The van der Waals surface area contributed by atoms with Crippen molar-refractivity contribution in [1.29, 1.82) is 0 Å². The third-order valence-electron chi connectivity index (χ3n) is 1.99. The van der Waals surface area contributed by atoms with E-state index in [9.17, 15) is 0 Å². The van der Waals surface area contributed by atoms with Crippen LogP contribution in [0.5, 0.6) is 11.8 Å². The van der Waals surface area contributed by atoms with Crippen molar-refractivity contribution in [2.24, 2.45) is 0 Å². The van der Waals surface area contributed by atoms with E-state index >= 15 is 0 Å². The van der Waals surface area contributed by atoms with E-state index in [0.29, 0.717) is 23.3 Å². The summed E-state index contributed by atoms with van der Waals surface area (Å²) in [5.41, 5.74) is 0.680. The molecule has 5 heteroatoms. The van der Waals surface area contributed by atoms with Crippen LogP contribution in [0.25, 0.3) is 11.5 Å². The van der Waals surface area contributed by atoms with Crippen molar-refractivity contribution >= 4 is 0 Å². The molecule has 5 nitrogen and oxygen atoms in total. The van der Waals surface area contributed by atoms with Gasteiger partial charge >= 0.3 is 0 Å². The van der Waals surface area contributed by atoms with Gasteiger partial charge in [-0.05, 0) is 12.1 Å². The van der Waals surface area contributed by atoms with Gasteiger partial charge in [0, 0.05) is 6.20 Å². The highest BCUT2D eigenvalue weighted by Gasteiger charge is 2.07. The zero-order chi connectivity index (χ0) is 11.4. The second-order valence-electron chi connectivity index (χ2n) is 2.99. The average molecular weight is 217 g/mol. The molecular formula is C11H11N3O2. The van der Waals surface area contributed by atoms with Crippen LogP contribution in [0.4, 0.5) is 0 Å². The Balaban J connectivity index is 2.48. The molecule has 0 aliphatic rings. The first-order chi connectivity index (χ1) is 7.83. The van der Waals surface area contributed by atoms with Crippen LogP contribution in [0.3, 0.4) is 0 Å². The number of hydrogen-bond donors (Lipinski definition) is 0. The Morgan fingerprint density at radius 1 is 1.00 bits per heavy atom. The molecule has 0 amide bonds. The first-order valence-electron chi connectivity index (χ1n) is 4.72. The molecule has 0 spiro atoms. The Morgan fingerprint density at radius 2 is 1.69 bits per heavy atom. The zero-order valence-corrected chi connectivity index (χ0v) is 9.04. The normalized spacial score (nSPS) is 9.88. The van der Waals surface area contributed by atoms with Crippen molar-refractivity contribution in [3.05, 3.63) is 30.5 Å². The second-order valence-corrected chi connectivity index (χ2v) is 2.99. The highest BCUT2D eigenvalue weighted by molar-refractivity contribution is 5.50. The molecule has 0 aromatic carbocycles. The fraction of sp³-hybridized carbons (Fsp3) is 0.182. The molecule has 0 bridgehead atoms. The van der Waals surface area contributed by atoms with E-state index in [1.54, 1.807) is 26.5 Å². The lowest BCUT2D eigenvalue weighted by Gasteiger charge is -2.05. The largest absolute Gasteiger partial charge is 0.481 e. The Bertz CT molecular complexity index is 452. The van der Waals surface area contributed by atoms with Crippen LogP contribution < -0.4 is 9.47 Å². The summed E-state index contributed by atoms with van der Waals surface area (Å²) < 4.78 is 10.1. The highest BCUT2D eigenvalue weighted by atomic mass is 16.5. The summed E-state index contributed by atoms with van der Waals surface area (Å²) in [6.07, 6.45) is 1.69. The first-order valence-corrected chi connectivity index (χ1v) is 4.72. The van der Waals surface area contributed by atoms with Gasteiger partial charge < -0.3 is 9.47 Å².